The average molecular weight is 214 g/mol. The Labute approximate surface area is 97.2 Å². The fraction of sp³-hybridized carbons (Fsp3) is 0.400. The van der Waals surface area contributed by atoms with Crippen LogP contribution in [0.25, 0.3) is 6.08 Å². The molecular formula is C15H18O. The number of hydrogen-bond donors (Lipinski definition) is 0. The Bertz CT molecular complexity index is 364. The van der Waals surface area contributed by atoms with Crippen LogP contribution in [0.2, 0.25) is 0 Å². The van der Waals surface area contributed by atoms with Gasteiger partial charge in [0.25, 0.3) is 0 Å². The van der Waals surface area contributed by atoms with Gasteiger partial charge in [0.15, 0.2) is 0 Å². The zero-order valence-corrected chi connectivity index (χ0v) is 9.56. The van der Waals surface area contributed by atoms with Gasteiger partial charge in [-0.3, -0.25) is 4.79 Å². The highest BCUT2D eigenvalue weighted by molar-refractivity contribution is 5.79. The van der Waals surface area contributed by atoms with Crippen LogP contribution in [0.15, 0.2) is 36.4 Å². The molecule has 1 atom stereocenters. The van der Waals surface area contributed by atoms with Crippen molar-refractivity contribution >= 4 is 11.9 Å². The third kappa shape index (κ3) is 3.34. The maximum absolute atomic E-state index is 11.5. The second-order valence-corrected chi connectivity index (χ2v) is 4.52. The number of carbonyl (C=O) groups is 1. The molecule has 1 aromatic carbocycles. The zero-order valence-electron chi connectivity index (χ0n) is 9.56. The second-order valence-electron chi connectivity index (χ2n) is 4.52. The first kappa shape index (κ1) is 11.1. The number of ketones is 1. The number of allylic oxidation sites excluding steroid dienone is 1. The Kier molecular flexibility index (Phi) is 3.92. The normalized spacial score (nSPS) is 22.2. The van der Waals surface area contributed by atoms with Crippen LogP contribution in [0, 0.1) is 5.92 Å². The molecule has 0 bridgehead atoms. The van der Waals surface area contributed by atoms with Crippen molar-refractivity contribution in [3.05, 3.63) is 42.0 Å². The molecule has 0 aliphatic heterocycles. The first-order valence-corrected chi connectivity index (χ1v) is 6.09. The van der Waals surface area contributed by atoms with Crippen LogP contribution in [-0.4, -0.2) is 5.78 Å². The van der Waals surface area contributed by atoms with E-state index in [1.807, 2.05) is 18.2 Å². The highest BCUT2D eigenvalue weighted by Gasteiger charge is 2.14. The molecule has 0 saturated heterocycles. The Morgan fingerprint density at radius 2 is 1.94 bits per heavy atom. The molecule has 1 aromatic rings. The van der Waals surface area contributed by atoms with Gasteiger partial charge in [-0.1, -0.05) is 48.9 Å². The molecule has 84 valence electrons. The lowest BCUT2D eigenvalue weighted by Crippen LogP contribution is -2.01. The Morgan fingerprint density at radius 1 is 1.12 bits per heavy atom. The SMILES string of the molecule is O=C1CCCCC(/C=C/c2ccccc2)C1. The highest BCUT2D eigenvalue weighted by atomic mass is 16.1. The Morgan fingerprint density at radius 3 is 2.75 bits per heavy atom. The van der Waals surface area contributed by atoms with E-state index in [-0.39, 0.29) is 0 Å². The number of carbonyl (C=O) groups excluding carboxylic acids is 1. The summed E-state index contributed by atoms with van der Waals surface area (Å²) in [5.74, 6) is 0.885. The lowest BCUT2D eigenvalue weighted by Gasteiger charge is -2.06. The molecule has 1 saturated carbocycles. The average Bonchev–Trinajstić information content (AvgIpc) is 2.52. The van der Waals surface area contributed by atoms with Crippen LogP contribution in [-0.2, 0) is 4.79 Å². The Balaban J connectivity index is 1.98. The van der Waals surface area contributed by atoms with E-state index in [2.05, 4.69) is 24.3 Å². The second kappa shape index (κ2) is 5.64. The molecule has 0 aromatic heterocycles. The van der Waals surface area contributed by atoms with Gasteiger partial charge >= 0.3 is 0 Å². The van der Waals surface area contributed by atoms with Crippen LogP contribution in [0.1, 0.15) is 37.7 Å². The summed E-state index contributed by atoms with van der Waals surface area (Å²) < 4.78 is 0. The molecular weight excluding hydrogens is 196 g/mol. The van der Waals surface area contributed by atoms with Gasteiger partial charge in [-0.05, 0) is 24.3 Å². The summed E-state index contributed by atoms with van der Waals surface area (Å²) in [6.07, 6.45) is 9.31. The largest absolute Gasteiger partial charge is 0.300 e. The minimum Gasteiger partial charge on any atom is -0.300 e. The van der Waals surface area contributed by atoms with Crippen molar-refractivity contribution in [2.24, 2.45) is 5.92 Å². The van der Waals surface area contributed by atoms with E-state index in [0.717, 1.165) is 25.7 Å². The third-order valence-electron chi connectivity index (χ3n) is 3.13. The monoisotopic (exact) mass is 214 g/mol. The van der Waals surface area contributed by atoms with E-state index in [1.54, 1.807) is 0 Å². The molecule has 2 rings (SSSR count). The highest BCUT2D eigenvalue weighted by Crippen LogP contribution is 2.22. The van der Waals surface area contributed by atoms with Gasteiger partial charge in [0.05, 0.1) is 0 Å². The van der Waals surface area contributed by atoms with Crippen molar-refractivity contribution in [2.45, 2.75) is 32.1 Å². The van der Waals surface area contributed by atoms with Crippen LogP contribution in [0.5, 0.6) is 0 Å². The van der Waals surface area contributed by atoms with Crippen molar-refractivity contribution in [1.29, 1.82) is 0 Å². The first-order chi connectivity index (χ1) is 7.84. The minimum absolute atomic E-state index is 0.431. The zero-order chi connectivity index (χ0) is 11.2. The molecule has 0 spiro atoms. The molecule has 0 N–H and O–H groups in total. The van der Waals surface area contributed by atoms with Crippen molar-refractivity contribution in [3.8, 4) is 0 Å². The van der Waals surface area contributed by atoms with Crippen molar-refractivity contribution in [2.75, 3.05) is 0 Å². The quantitative estimate of drug-likeness (QED) is 0.683. The number of rotatable bonds is 2. The number of benzene rings is 1. The molecule has 1 nitrogen and oxygen atoms in total. The molecule has 1 aliphatic carbocycles. The summed E-state index contributed by atoms with van der Waals surface area (Å²) in [7, 11) is 0. The molecule has 0 heterocycles. The maximum atomic E-state index is 11.5. The standard InChI is InChI=1S/C15H18O/c16-15-9-5-4-8-14(12-15)11-10-13-6-2-1-3-7-13/h1-3,6-7,10-11,14H,4-5,8-9,12H2/b11-10+. The van der Waals surface area contributed by atoms with Crippen LogP contribution in [0.4, 0.5) is 0 Å². The predicted octanol–water partition coefficient (Wildman–Crippen LogP) is 3.85. The smallest absolute Gasteiger partial charge is 0.133 e. The van der Waals surface area contributed by atoms with E-state index in [1.165, 1.54) is 12.0 Å². The molecule has 0 amide bonds. The number of hydrogen-bond acceptors (Lipinski definition) is 1. The van der Waals surface area contributed by atoms with E-state index < -0.39 is 0 Å². The van der Waals surface area contributed by atoms with E-state index in [9.17, 15) is 4.79 Å². The van der Waals surface area contributed by atoms with E-state index in [0.29, 0.717) is 11.7 Å². The van der Waals surface area contributed by atoms with Crippen LogP contribution < -0.4 is 0 Å². The van der Waals surface area contributed by atoms with Gasteiger partial charge in [-0.15, -0.1) is 0 Å². The van der Waals surface area contributed by atoms with Crippen molar-refractivity contribution in [3.63, 3.8) is 0 Å². The van der Waals surface area contributed by atoms with E-state index in [4.69, 9.17) is 0 Å². The summed E-state index contributed by atoms with van der Waals surface area (Å²) in [4.78, 5) is 11.5. The maximum Gasteiger partial charge on any atom is 0.133 e. The third-order valence-corrected chi connectivity index (χ3v) is 3.13. The molecule has 0 radical (unpaired) electrons. The van der Waals surface area contributed by atoms with Gasteiger partial charge < -0.3 is 0 Å². The topological polar surface area (TPSA) is 17.1 Å². The molecule has 1 aliphatic rings. The van der Waals surface area contributed by atoms with Gasteiger partial charge in [0.1, 0.15) is 5.78 Å². The molecule has 1 unspecified atom stereocenters. The Hall–Kier alpha value is -1.37. The lowest BCUT2D eigenvalue weighted by atomic mass is 9.98. The fourth-order valence-corrected chi connectivity index (χ4v) is 2.20. The van der Waals surface area contributed by atoms with Crippen molar-refractivity contribution in [1.82, 2.24) is 0 Å². The van der Waals surface area contributed by atoms with Gasteiger partial charge in [0.2, 0.25) is 0 Å². The number of Topliss-reactive ketones (excluding diaryl/α,β-unsaturated/α-hetero) is 1. The molecule has 1 heteroatoms. The van der Waals surface area contributed by atoms with Gasteiger partial charge in [0, 0.05) is 12.8 Å². The summed E-state index contributed by atoms with van der Waals surface area (Å²) in [5.41, 5.74) is 1.22. The van der Waals surface area contributed by atoms with Gasteiger partial charge in [-0.25, -0.2) is 0 Å². The van der Waals surface area contributed by atoms with Crippen molar-refractivity contribution < 1.29 is 4.79 Å². The summed E-state index contributed by atoms with van der Waals surface area (Å²) >= 11 is 0. The van der Waals surface area contributed by atoms with Crippen LogP contribution in [0.3, 0.4) is 0 Å². The van der Waals surface area contributed by atoms with Gasteiger partial charge in [-0.2, -0.15) is 0 Å². The molecule has 16 heavy (non-hydrogen) atoms. The summed E-state index contributed by atoms with van der Waals surface area (Å²) in [5, 5.41) is 0. The summed E-state index contributed by atoms with van der Waals surface area (Å²) in [6.45, 7) is 0. The predicted molar refractivity (Wildman–Crippen MR) is 67.1 cm³/mol. The van der Waals surface area contributed by atoms with E-state index >= 15 is 0 Å². The summed E-state index contributed by atoms with van der Waals surface area (Å²) in [6, 6.07) is 10.3. The lowest BCUT2D eigenvalue weighted by molar-refractivity contribution is -0.119. The minimum atomic E-state index is 0.431. The van der Waals surface area contributed by atoms with Crippen LogP contribution >= 0.6 is 0 Å². The fourth-order valence-electron chi connectivity index (χ4n) is 2.20. The molecule has 1 fully saturated rings. The first-order valence-electron chi connectivity index (χ1n) is 6.09.